The topological polar surface area (TPSA) is 21.3 Å². The quantitative estimate of drug-likeness (QED) is 0.843. The van der Waals surface area contributed by atoms with Crippen LogP contribution in [0.3, 0.4) is 0 Å². The second-order valence-corrected chi connectivity index (χ2v) is 5.51. The van der Waals surface area contributed by atoms with E-state index < -0.39 is 0 Å². The van der Waals surface area contributed by atoms with Crippen molar-refractivity contribution in [2.24, 2.45) is 5.92 Å². The zero-order chi connectivity index (χ0) is 11.7. The van der Waals surface area contributed by atoms with E-state index in [0.717, 1.165) is 25.7 Å². The van der Waals surface area contributed by atoms with Gasteiger partial charge in [0.15, 0.2) is 0 Å². The van der Waals surface area contributed by atoms with Crippen LogP contribution in [0.2, 0.25) is 0 Å². The third kappa shape index (κ3) is 1.80. The fourth-order valence-corrected chi connectivity index (χ4v) is 3.39. The molecule has 1 N–H and O–H groups in total. The maximum Gasteiger partial charge on any atom is 0.0588 e. The molecule has 0 aliphatic carbocycles. The number of nitrogens with one attached hydrogen (secondary N) is 1. The monoisotopic (exact) mass is 231 g/mol. The number of ether oxygens (including phenoxy) is 1. The molecule has 1 aromatic rings. The minimum absolute atomic E-state index is 0.290. The third-order valence-corrected chi connectivity index (χ3v) is 4.48. The van der Waals surface area contributed by atoms with Crippen molar-refractivity contribution in [1.82, 2.24) is 5.32 Å². The van der Waals surface area contributed by atoms with Crippen LogP contribution >= 0.6 is 0 Å². The van der Waals surface area contributed by atoms with E-state index in [4.69, 9.17) is 4.74 Å². The lowest BCUT2D eigenvalue weighted by Gasteiger charge is -2.49. The average molecular weight is 231 g/mol. The van der Waals surface area contributed by atoms with E-state index in [1.165, 1.54) is 30.5 Å². The molecule has 1 atom stereocenters. The smallest absolute Gasteiger partial charge is 0.0588 e. The second kappa shape index (κ2) is 4.43. The fraction of sp³-hybridized carbons (Fsp3) is 0.600. The Bertz CT molecular complexity index is 392. The number of hydrogen-bond donors (Lipinski definition) is 1. The van der Waals surface area contributed by atoms with Gasteiger partial charge in [-0.1, -0.05) is 24.3 Å². The summed E-state index contributed by atoms with van der Waals surface area (Å²) in [5, 5.41) is 3.54. The second-order valence-electron chi connectivity index (χ2n) is 5.51. The van der Waals surface area contributed by atoms with Crippen LogP contribution in [0.25, 0.3) is 0 Å². The Hall–Kier alpha value is -0.860. The first-order chi connectivity index (χ1) is 8.33. The summed E-state index contributed by atoms with van der Waals surface area (Å²) >= 11 is 0. The standard InChI is InChI=1S/C15H21NO/c1-12-5-2-3-7-14(12)15(10-17-11-15)13-6-4-8-16-9-13/h2-3,5,7,13,16H,4,6,8-11H2,1H3. The van der Waals surface area contributed by atoms with Crippen LogP contribution in [0.1, 0.15) is 24.0 Å². The highest BCUT2D eigenvalue weighted by atomic mass is 16.5. The van der Waals surface area contributed by atoms with Crippen LogP contribution in [0.4, 0.5) is 0 Å². The van der Waals surface area contributed by atoms with Crippen LogP contribution in [-0.2, 0) is 10.2 Å². The molecule has 2 nitrogen and oxygen atoms in total. The summed E-state index contributed by atoms with van der Waals surface area (Å²) in [6.07, 6.45) is 2.64. The number of hydrogen-bond acceptors (Lipinski definition) is 2. The van der Waals surface area contributed by atoms with Crippen LogP contribution in [0.15, 0.2) is 24.3 Å². The Balaban J connectivity index is 1.93. The molecular weight excluding hydrogens is 210 g/mol. The van der Waals surface area contributed by atoms with Gasteiger partial charge in [-0.2, -0.15) is 0 Å². The van der Waals surface area contributed by atoms with Gasteiger partial charge in [-0.15, -0.1) is 0 Å². The van der Waals surface area contributed by atoms with Crippen LogP contribution in [-0.4, -0.2) is 26.3 Å². The SMILES string of the molecule is Cc1ccccc1C1(C2CCCNC2)COC1. The van der Waals surface area contributed by atoms with Gasteiger partial charge >= 0.3 is 0 Å². The lowest BCUT2D eigenvalue weighted by molar-refractivity contribution is -0.0950. The summed E-state index contributed by atoms with van der Waals surface area (Å²) in [6.45, 7) is 6.37. The number of piperidine rings is 1. The lowest BCUT2D eigenvalue weighted by atomic mass is 9.65. The highest BCUT2D eigenvalue weighted by Gasteiger charge is 2.47. The zero-order valence-corrected chi connectivity index (χ0v) is 10.5. The summed E-state index contributed by atoms with van der Waals surface area (Å²) in [4.78, 5) is 0. The molecule has 2 saturated heterocycles. The molecule has 2 aliphatic heterocycles. The summed E-state index contributed by atoms with van der Waals surface area (Å²) in [7, 11) is 0. The molecule has 17 heavy (non-hydrogen) atoms. The van der Waals surface area contributed by atoms with Crippen molar-refractivity contribution in [3.63, 3.8) is 0 Å². The van der Waals surface area contributed by atoms with Crippen molar-refractivity contribution < 1.29 is 4.74 Å². The molecular formula is C15H21NO. The normalized spacial score (nSPS) is 27.5. The predicted octanol–water partition coefficient (Wildman–Crippen LogP) is 2.26. The Kier molecular flexibility index (Phi) is 2.93. The minimum atomic E-state index is 0.290. The molecule has 2 aliphatic rings. The molecule has 0 spiro atoms. The minimum Gasteiger partial charge on any atom is -0.379 e. The first kappa shape index (κ1) is 11.2. The van der Waals surface area contributed by atoms with Gasteiger partial charge in [0.1, 0.15) is 0 Å². The molecule has 0 amide bonds. The van der Waals surface area contributed by atoms with Gasteiger partial charge in [0.2, 0.25) is 0 Å². The van der Waals surface area contributed by atoms with Crippen molar-refractivity contribution >= 4 is 0 Å². The first-order valence-electron chi connectivity index (χ1n) is 6.67. The van der Waals surface area contributed by atoms with Crippen molar-refractivity contribution in [3.8, 4) is 0 Å². The fourth-order valence-electron chi connectivity index (χ4n) is 3.39. The summed E-state index contributed by atoms with van der Waals surface area (Å²) < 4.78 is 5.57. The number of aryl methyl sites for hydroxylation is 1. The van der Waals surface area contributed by atoms with Gasteiger partial charge in [-0.3, -0.25) is 0 Å². The summed E-state index contributed by atoms with van der Waals surface area (Å²) in [5.41, 5.74) is 3.22. The van der Waals surface area contributed by atoms with Crippen LogP contribution in [0, 0.1) is 12.8 Å². The number of rotatable bonds is 2. The molecule has 0 saturated carbocycles. The molecule has 0 aromatic heterocycles. The van der Waals surface area contributed by atoms with Gasteiger partial charge in [0, 0.05) is 5.41 Å². The van der Waals surface area contributed by atoms with Gasteiger partial charge in [0.05, 0.1) is 13.2 Å². The van der Waals surface area contributed by atoms with E-state index >= 15 is 0 Å². The van der Waals surface area contributed by atoms with Gasteiger partial charge < -0.3 is 10.1 Å². The van der Waals surface area contributed by atoms with Crippen molar-refractivity contribution in [3.05, 3.63) is 35.4 Å². The molecule has 0 bridgehead atoms. The van der Waals surface area contributed by atoms with Crippen molar-refractivity contribution in [2.75, 3.05) is 26.3 Å². The van der Waals surface area contributed by atoms with Gasteiger partial charge in [0.25, 0.3) is 0 Å². The molecule has 1 aromatic carbocycles. The third-order valence-electron chi connectivity index (χ3n) is 4.48. The molecule has 2 heterocycles. The molecule has 3 rings (SSSR count). The highest BCUT2D eigenvalue weighted by Crippen LogP contribution is 2.43. The van der Waals surface area contributed by atoms with E-state index in [0.29, 0.717) is 5.41 Å². The van der Waals surface area contributed by atoms with E-state index in [1.807, 2.05) is 0 Å². The lowest BCUT2D eigenvalue weighted by Crippen LogP contribution is -2.56. The molecule has 2 heteroatoms. The Morgan fingerprint density at radius 2 is 2.12 bits per heavy atom. The Labute approximate surface area is 103 Å². The van der Waals surface area contributed by atoms with E-state index in [-0.39, 0.29) is 0 Å². The maximum absolute atomic E-state index is 5.57. The van der Waals surface area contributed by atoms with E-state index in [9.17, 15) is 0 Å². The largest absolute Gasteiger partial charge is 0.379 e. The molecule has 1 unspecified atom stereocenters. The van der Waals surface area contributed by atoms with Crippen molar-refractivity contribution in [1.29, 1.82) is 0 Å². The van der Waals surface area contributed by atoms with Gasteiger partial charge in [-0.05, 0) is 49.9 Å². The Morgan fingerprint density at radius 3 is 2.71 bits per heavy atom. The van der Waals surface area contributed by atoms with Gasteiger partial charge in [-0.25, -0.2) is 0 Å². The van der Waals surface area contributed by atoms with E-state index in [2.05, 4.69) is 36.5 Å². The molecule has 92 valence electrons. The first-order valence-corrected chi connectivity index (χ1v) is 6.67. The van der Waals surface area contributed by atoms with Crippen LogP contribution < -0.4 is 5.32 Å². The summed E-state index contributed by atoms with van der Waals surface area (Å²) in [6, 6.07) is 8.82. The molecule has 0 radical (unpaired) electrons. The maximum atomic E-state index is 5.57. The van der Waals surface area contributed by atoms with Crippen molar-refractivity contribution in [2.45, 2.75) is 25.2 Å². The summed E-state index contributed by atoms with van der Waals surface area (Å²) in [5.74, 6) is 0.742. The van der Waals surface area contributed by atoms with E-state index in [1.54, 1.807) is 0 Å². The number of benzene rings is 1. The highest BCUT2D eigenvalue weighted by molar-refractivity contribution is 5.36. The average Bonchev–Trinajstić information content (AvgIpc) is 2.32. The zero-order valence-electron chi connectivity index (χ0n) is 10.5. The predicted molar refractivity (Wildman–Crippen MR) is 69.3 cm³/mol. The molecule has 2 fully saturated rings. The Morgan fingerprint density at radius 1 is 1.29 bits per heavy atom. The van der Waals surface area contributed by atoms with Crippen LogP contribution in [0.5, 0.6) is 0 Å².